The summed E-state index contributed by atoms with van der Waals surface area (Å²) in [5.74, 6) is 0.441. The van der Waals surface area contributed by atoms with Crippen molar-refractivity contribution in [3.05, 3.63) is 23.8 Å². The molecule has 1 aromatic rings. The molecule has 0 spiro atoms. The SMILES string of the molecule is CCCOc1ccc(N)c(C(F)F)c1. The molecule has 0 heterocycles. The van der Waals surface area contributed by atoms with Gasteiger partial charge in [-0.3, -0.25) is 0 Å². The minimum atomic E-state index is -2.56. The van der Waals surface area contributed by atoms with Crippen LogP contribution in [0.15, 0.2) is 18.2 Å². The zero-order valence-electron chi connectivity index (χ0n) is 7.97. The molecule has 0 bridgehead atoms. The van der Waals surface area contributed by atoms with Crippen LogP contribution < -0.4 is 10.5 Å². The first-order valence-electron chi connectivity index (χ1n) is 4.45. The highest BCUT2D eigenvalue weighted by atomic mass is 19.3. The molecule has 0 aliphatic carbocycles. The molecule has 0 radical (unpaired) electrons. The minimum Gasteiger partial charge on any atom is -0.494 e. The Hall–Kier alpha value is -1.32. The quantitative estimate of drug-likeness (QED) is 0.760. The molecular formula is C10H13F2NO. The van der Waals surface area contributed by atoms with Crippen LogP contribution in [0.2, 0.25) is 0 Å². The summed E-state index contributed by atoms with van der Waals surface area (Å²) in [6.07, 6.45) is -1.71. The van der Waals surface area contributed by atoms with E-state index in [4.69, 9.17) is 10.5 Å². The Bertz CT molecular complexity index is 302. The Morgan fingerprint density at radius 2 is 2.14 bits per heavy atom. The highest BCUT2D eigenvalue weighted by molar-refractivity contribution is 5.51. The molecule has 2 nitrogen and oxygen atoms in total. The van der Waals surface area contributed by atoms with Gasteiger partial charge in [0, 0.05) is 11.3 Å². The summed E-state index contributed by atoms with van der Waals surface area (Å²) in [4.78, 5) is 0. The lowest BCUT2D eigenvalue weighted by molar-refractivity contribution is 0.151. The molecule has 78 valence electrons. The molecule has 0 aliphatic heterocycles. The number of nitrogen functional groups attached to an aromatic ring is 1. The van der Waals surface area contributed by atoms with E-state index < -0.39 is 6.43 Å². The fraction of sp³-hybridized carbons (Fsp3) is 0.400. The maximum absolute atomic E-state index is 12.4. The summed E-state index contributed by atoms with van der Waals surface area (Å²) in [7, 11) is 0. The van der Waals surface area contributed by atoms with Crippen LogP contribution in [0.25, 0.3) is 0 Å². The number of rotatable bonds is 4. The predicted octanol–water partition coefficient (Wildman–Crippen LogP) is 3.00. The minimum absolute atomic E-state index is 0.101. The Labute approximate surface area is 81.7 Å². The van der Waals surface area contributed by atoms with Crippen molar-refractivity contribution in [2.24, 2.45) is 0 Å². The van der Waals surface area contributed by atoms with E-state index in [0.717, 1.165) is 6.42 Å². The molecule has 1 aromatic carbocycles. The van der Waals surface area contributed by atoms with E-state index in [0.29, 0.717) is 12.4 Å². The fourth-order valence-corrected chi connectivity index (χ4v) is 1.05. The van der Waals surface area contributed by atoms with Gasteiger partial charge < -0.3 is 10.5 Å². The molecule has 14 heavy (non-hydrogen) atoms. The van der Waals surface area contributed by atoms with Crippen molar-refractivity contribution < 1.29 is 13.5 Å². The van der Waals surface area contributed by atoms with Gasteiger partial charge in [-0.05, 0) is 24.6 Å². The molecule has 0 aromatic heterocycles. The Morgan fingerprint density at radius 1 is 1.43 bits per heavy atom. The van der Waals surface area contributed by atoms with Gasteiger partial charge in [-0.25, -0.2) is 8.78 Å². The van der Waals surface area contributed by atoms with E-state index in [1.54, 1.807) is 6.07 Å². The number of anilines is 1. The largest absolute Gasteiger partial charge is 0.494 e. The van der Waals surface area contributed by atoms with Crippen molar-refractivity contribution >= 4 is 5.69 Å². The Kier molecular flexibility index (Phi) is 3.68. The molecule has 0 fully saturated rings. The lowest BCUT2D eigenvalue weighted by Gasteiger charge is -2.08. The molecule has 0 unspecified atom stereocenters. The maximum Gasteiger partial charge on any atom is 0.265 e. The van der Waals surface area contributed by atoms with Gasteiger partial charge in [-0.1, -0.05) is 6.92 Å². The monoisotopic (exact) mass is 201 g/mol. The van der Waals surface area contributed by atoms with E-state index in [9.17, 15) is 8.78 Å². The summed E-state index contributed by atoms with van der Waals surface area (Å²) in [6, 6.07) is 4.32. The number of benzene rings is 1. The van der Waals surface area contributed by atoms with Crippen LogP contribution in [0.1, 0.15) is 25.3 Å². The zero-order chi connectivity index (χ0) is 10.6. The van der Waals surface area contributed by atoms with Crippen LogP contribution in [0.5, 0.6) is 5.75 Å². The normalized spacial score (nSPS) is 10.6. The topological polar surface area (TPSA) is 35.2 Å². The van der Waals surface area contributed by atoms with Crippen molar-refractivity contribution in [3.8, 4) is 5.75 Å². The van der Waals surface area contributed by atoms with Crippen LogP contribution in [-0.4, -0.2) is 6.61 Å². The van der Waals surface area contributed by atoms with Crippen molar-refractivity contribution in [1.82, 2.24) is 0 Å². The van der Waals surface area contributed by atoms with E-state index in [1.807, 2.05) is 6.92 Å². The van der Waals surface area contributed by atoms with E-state index >= 15 is 0 Å². The summed E-state index contributed by atoms with van der Waals surface area (Å²) in [5.41, 5.74) is 5.32. The maximum atomic E-state index is 12.4. The van der Waals surface area contributed by atoms with Gasteiger partial charge in [0.2, 0.25) is 0 Å². The third-order valence-electron chi connectivity index (χ3n) is 1.77. The van der Waals surface area contributed by atoms with Gasteiger partial charge in [-0.15, -0.1) is 0 Å². The summed E-state index contributed by atoms with van der Waals surface area (Å²) >= 11 is 0. The summed E-state index contributed by atoms with van der Waals surface area (Å²) in [6.45, 7) is 2.47. The summed E-state index contributed by atoms with van der Waals surface area (Å²) in [5, 5.41) is 0. The van der Waals surface area contributed by atoms with Gasteiger partial charge in [-0.2, -0.15) is 0 Å². The lowest BCUT2D eigenvalue weighted by atomic mass is 10.2. The third-order valence-corrected chi connectivity index (χ3v) is 1.77. The van der Waals surface area contributed by atoms with E-state index in [-0.39, 0.29) is 11.3 Å². The van der Waals surface area contributed by atoms with Crippen LogP contribution in [-0.2, 0) is 0 Å². The summed E-state index contributed by atoms with van der Waals surface area (Å²) < 4.78 is 30.0. The van der Waals surface area contributed by atoms with Crippen LogP contribution >= 0.6 is 0 Å². The molecule has 2 N–H and O–H groups in total. The van der Waals surface area contributed by atoms with Gasteiger partial charge >= 0.3 is 0 Å². The fourth-order valence-electron chi connectivity index (χ4n) is 1.05. The molecule has 0 aliphatic rings. The second-order valence-corrected chi connectivity index (χ2v) is 2.94. The molecule has 0 saturated carbocycles. The first-order valence-corrected chi connectivity index (χ1v) is 4.45. The van der Waals surface area contributed by atoms with Gasteiger partial charge in [0.05, 0.1) is 6.61 Å². The number of ether oxygens (including phenoxy) is 1. The van der Waals surface area contributed by atoms with Gasteiger partial charge in [0.1, 0.15) is 5.75 Å². The van der Waals surface area contributed by atoms with Gasteiger partial charge in [0.15, 0.2) is 0 Å². The van der Waals surface area contributed by atoms with Crippen molar-refractivity contribution in [2.45, 2.75) is 19.8 Å². The van der Waals surface area contributed by atoms with Crippen LogP contribution in [0.4, 0.5) is 14.5 Å². The number of hydrogen-bond acceptors (Lipinski definition) is 2. The van der Waals surface area contributed by atoms with E-state index in [2.05, 4.69) is 0 Å². The molecule has 0 amide bonds. The van der Waals surface area contributed by atoms with Crippen LogP contribution in [0, 0.1) is 0 Å². The second-order valence-electron chi connectivity index (χ2n) is 2.94. The Morgan fingerprint density at radius 3 is 2.71 bits per heavy atom. The highest BCUT2D eigenvalue weighted by Crippen LogP contribution is 2.28. The standard InChI is InChI=1S/C10H13F2NO/c1-2-5-14-7-3-4-9(13)8(6-7)10(11)12/h3-4,6,10H,2,5,13H2,1H3. The number of halogens is 2. The second kappa shape index (κ2) is 4.79. The van der Waals surface area contributed by atoms with Crippen LogP contribution in [0.3, 0.4) is 0 Å². The number of alkyl halides is 2. The van der Waals surface area contributed by atoms with Gasteiger partial charge in [0.25, 0.3) is 6.43 Å². The first-order chi connectivity index (χ1) is 6.65. The van der Waals surface area contributed by atoms with Crippen molar-refractivity contribution in [3.63, 3.8) is 0 Å². The molecule has 0 atom stereocenters. The van der Waals surface area contributed by atoms with Crippen molar-refractivity contribution in [2.75, 3.05) is 12.3 Å². The highest BCUT2D eigenvalue weighted by Gasteiger charge is 2.11. The molecule has 0 saturated heterocycles. The van der Waals surface area contributed by atoms with Crippen molar-refractivity contribution in [1.29, 1.82) is 0 Å². The average molecular weight is 201 g/mol. The molecular weight excluding hydrogens is 188 g/mol. The lowest BCUT2D eigenvalue weighted by Crippen LogP contribution is -1.99. The third kappa shape index (κ3) is 2.58. The Balaban J connectivity index is 2.83. The first kappa shape index (κ1) is 10.8. The number of nitrogens with two attached hydrogens (primary N) is 1. The van der Waals surface area contributed by atoms with E-state index in [1.165, 1.54) is 12.1 Å². The smallest absolute Gasteiger partial charge is 0.265 e. The molecule has 4 heteroatoms. The average Bonchev–Trinajstić information content (AvgIpc) is 2.16. The number of hydrogen-bond donors (Lipinski definition) is 1. The predicted molar refractivity (Wildman–Crippen MR) is 51.6 cm³/mol. The molecule has 1 rings (SSSR count). The zero-order valence-corrected chi connectivity index (χ0v) is 7.97.